The first-order valence-corrected chi connectivity index (χ1v) is 5.44. The minimum Gasteiger partial charge on any atom is -0.469 e. The van der Waals surface area contributed by atoms with Gasteiger partial charge in [-0.1, -0.05) is 0 Å². The maximum Gasteiger partial charge on any atom is 0.498 e. The summed E-state index contributed by atoms with van der Waals surface area (Å²) in [6.07, 6.45) is 0.112. The average molecular weight is 194 g/mol. The molecule has 12 heavy (non-hydrogen) atoms. The van der Waals surface area contributed by atoms with Gasteiger partial charge in [0.05, 0.1) is 7.11 Å². The highest BCUT2D eigenvalue weighted by atomic mass is 28.4. The van der Waals surface area contributed by atoms with E-state index in [2.05, 4.69) is 4.74 Å². The van der Waals surface area contributed by atoms with Gasteiger partial charge in [-0.15, -0.1) is 0 Å². The van der Waals surface area contributed by atoms with Gasteiger partial charge in [-0.2, -0.15) is 0 Å². The summed E-state index contributed by atoms with van der Waals surface area (Å²) in [5.41, 5.74) is 0. The van der Waals surface area contributed by atoms with Gasteiger partial charge in [-0.3, -0.25) is 4.79 Å². The van der Waals surface area contributed by atoms with Crippen LogP contribution in [0.5, 0.6) is 0 Å². The first kappa shape index (κ1) is 11.6. The Labute approximate surface area is 72.6 Å². The second-order valence-electron chi connectivity index (χ2n) is 2.20. The molecule has 0 aromatic rings. The van der Waals surface area contributed by atoms with Crippen molar-refractivity contribution >= 4 is 14.8 Å². The van der Waals surface area contributed by atoms with Gasteiger partial charge in [0.1, 0.15) is 0 Å². The lowest BCUT2D eigenvalue weighted by atomic mass is 10.5. The lowest BCUT2D eigenvalue weighted by Gasteiger charge is -2.18. The van der Waals surface area contributed by atoms with E-state index in [-0.39, 0.29) is 18.4 Å². The van der Waals surface area contributed by atoms with Crippen LogP contribution in [0.25, 0.3) is 0 Å². The average Bonchev–Trinajstić information content (AvgIpc) is 2.13. The van der Waals surface area contributed by atoms with Gasteiger partial charge in [0, 0.05) is 26.7 Å². The predicted molar refractivity (Wildman–Crippen MR) is 43.4 cm³/mol. The molecule has 0 spiro atoms. The van der Waals surface area contributed by atoms with Crippen molar-refractivity contribution in [3.63, 3.8) is 0 Å². The van der Waals surface area contributed by atoms with Crippen molar-refractivity contribution in [2.24, 2.45) is 0 Å². The van der Waals surface area contributed by atoms with Crippen LogP contribution in [-0.4, -0.2) is 40.9 Å². The summed E-state index contributed by atoms with van der Waals surface area (Å²) in [7, 11) is 0.925. The zero-order valence-corrected chi connectivity index (χ0v) is 8.49. The summed E-state index contributed by atoms with van der Waals surface area (Å²) < 4.78 is 13.9. The van der Waals surface area contributed by atoms with Gasteiger partial charge < -0.3 is 18.4 Å². The maximum atomic E-state index is 10.7. The molecule has 0 unspecified atom stereocenters. The quantitative estimate of drug-likeness (QED) is 0.484. The molecule has 5 nitrogen and oxygen atoms in total. The van der Waals surface area contributed by atoms with Crippen LogP contribution < -0.4 is 0 Å². The molecule has 0 radical (unpaired) electrons. The van der Waals surface area contributed by atoms with Crippen LogP contribution in [0.3, 0.4) is 0 Å². The van der Waals surface area contributed by atoms with E-state index in [9.17, 15) is 9.59 Å². The molecule has 72 valence electrons. The summed E-state index contributed by atoms with van der Waals surface area (Å²) >= 11 is 0. The molecule has 6 heteroatoms. The molecule has 0 fully saturated rings. The van der Waals surface area contributed by atoms with Crippen LogP contribution in [0.15, 0.2) is 0 Å². The van der Waals surface area contributed by atoms with E-state index in [1.807, 2.05) is 0 Å². The molecule has 0 saturated heterocycles. The number of ether oxygens (including phenoxy) is 1. The third-order valence-electron chi connectivity index (χ3n) is 1.51. The highest BCUT2D eigenvalue weighted by Crippen LogP contribution is 2.10. The fourth-order valence-corrected chi connectivity index (χ4v) is 1.74. The number of esters is 1. The number of rotatable bonds is 5. The van der Waals surface area contributed by atoms with Crippen molar-refractivity contribution in [2.45, 2.75) is 12.5 Å². The molecule has 0 bridgehead atoms. The summed E-state index contributed by atoms with van der Waals surface area (Å²) in [5, 5.41) is 0. The Morgan fingerprint density at radius 2 is 1.83 bits per heavy atom. The van der Waals surface area contributed by atoms with Crippen LogP contribution in [-0.2, 0) is 18.4 Å². The highest BCUT2D eigenvalue weighted by Gasteiger charge is 2.34. The van der Waals surface area contributed by atoms with E-state index in [1.165, 1.54) is 21.3 Å². The van der Waals surface area contributed by atoms with E-state index in [0.29, 0.717) is 0 Å². The molecule has 0 heterocycles. The molecule has 0 atom stereocenters. The zero-order valence-electron chi connectivity index (χ0n) is 7.49. The van der Waals surface area contributed by atoms with Crippen molar-refractivity contribution in [1.29, 1.82) is 0 Å². The Bertz CT molecular complexity index is 145. The topological polar surface area (TPSA) is 65.0 Å². The van der Waals surface area contributed by atoms with Gasteiger partial charge in [0.25, 0.3) is 0 Å². The normalized spacial score (nSPS) is 11.3. The Hall–Kier alpha value is -0.433. The van der Waals surface area contributed by atoms with Crippen molar-refractivity contribution in [3.05, 3.63) is 0 Å². The molecule has 0 aliphatic carbocycles. The van der Waals surface area contributed by atoms with Crippen LogP contribution in [0.4, 0.5) is 0 Å². The van der Waals surface area contributed by atoms with Crippen LogP contribution in [0.2, 0.25) is 6.04 Å². The standard InChI is InChI=1S/C6H14O5Si/c1-9-6(7)4-5-12(8,10-2)11-3/h8H,4-5H2,1-3H3. The van der Waals surface area contributed by atoms with E-state index >= 15 is 0 Å². The smallest absolute Gasteiger partial charge is 0.469 e. The third kappa shape index (κ3) is 3.81. The van der Waals surface area contributed by atoms with Gasteiger partial charge >= 0.3 is 14.8 Å². The van der Waals surface area contributed by atoms with Crippen LogP contribution in [0.1, 0.15) is 6.42 Å². The van der Waals surface area contributed by atoms with Gasteiger partial charge in [-0.25, -0.2) is 0 Å². The Balaban J connectivity index is 3.80. The molecule has 0 rings (SSSR count). The fraction of sp³-hybridized carbons (Fsp3) is 0.833. The Kier molecular flexibility index (Phi) is 5.06. The SMILES string of the molecule is COC(=O)CC[Si](O)(OC)OC. The summed E-state index contributed by atoms with van der Waals surface area (Å²) in [6.45, 7) is 0. The van der Waals surface area contributed by atoms with E-state index in [0.717, 1.165) is 0 Å². The Morgan fingerprint density at radius 1 is 1.33 bits per heavy atom. The van der Waals surface area contributed by atoms with Crippen LogP contribution >= 0.6 is 0 Å². The summed E-state index contributed by atoms with van der Waals surface area (Å²) in [6, 6.07) is 0.187. The first-order valence-electron chi connectivity index (χ1n) is 3.47. The molecule has 0 saturated carbocycles. The lowest BCUT2D eigenvalue weighted by molar-refractivity contribution is -0.140. The lowest BCUT2D eigenvalue weighted by Crippen LogP contribution is -2.40. The number of carbonyl (C=O) groups excluding carboxylic acids is 1. The highest BCUT2D eigenvalue weighted by molar-refractivity contribution is 6.59. The molecule has 0 aliphatic heterocycles. The van der Waals surface area contributed by atoms with Crippen molar-refractivity contribution in [2.75, 3.05) is 21.3 Å². The van der Waals surface area contributed by atoms with Crippen LogP contribution in [0, 0.1) is 0 Å². The molecule has 0 aliphatic rings. The van der Waals surface area contributed by atoms with E-state index in [1.54, 1.807) is 0 Å². The number of hydrogen-bond donors (Lipinski definition) is 1. The third-order valence-corrected chi connectivity index (χ3v) is 3.67. The largest absolute Gasteiger partial charge is 0.498 e. The summed E-state index contributed by atoms with van der Waals surface area (Å²) in [4.78, 5) is 20.1. The number of methoxy groups -OCH3 is 1. The molecule has 0 aromatic heterocycles. The summed E-state index contributed by atoms with van der Waals surface area (Å²) in [5.74, 6) is -0.380. The zero-order chi connectivity index (χ0) is 9.61. The Morgan fingerprint density at radius 3 is 2.17 bits per heavy atom. The van der Waals surface area contributed by atoms with Crippen molar-refractivity contribution in [1.82, 2.24) is 0 Å². The molecule has 0 amide bonds. The van der Waals surface area contributed by atoms with Gasteiger partial charge in [0.15, 0.2) is 0 Å². The van der Waals surface area contributed by atoms with Gasteiger partial charge in [0.2, 0.25) is 0 Å². The number of carbonyl (C=O) groups is 1. The van der Waals surface area contributed by atoms with E-state index in [4.69, 9.17) is 8.85 Å². The second-order valence-corrected chi connectivity index (χ2v) is 4.94. The first-order chi connectivity index (χ1) is 5.58. The van der Waals surface area contributed by atoms with Crippen molar-refractivity contribution in [3.8, 4) is 0 Å². The predicted octanol–water partition coefficient (Wildman–Crippen LogP) is -0.227. The van der Waals surface area contributed by atoms with Crippen molar-refractivity contribution < 1.29 is 23.2 Å². The maximum absolute atomic E-state index is 10.7. The van der Waals surface area contributed by atoms with Gasteiger partial charge in [-0.05, 0) is 0 Å². The molecule has 0 aromatic carbocycles. The van der Waals surface area contributed by atoms with E-state index < -0.39 is 8.80 Å². The minimum atomic E-state index is -3.08. The monoisotopic (exact) mass is 194 g/mol. The number of hydrogen-bond acceptors (Lipinski definition) is 5. The molecular formula is C6H14O5Si. The molecular weight excluding hydrogens is 180 g/mol. The second kappa shape index (κ2) is 5.25. The fourth-order valence-electron chi connectivity index (χ4n) is 0.650. The molecule has 1 N–H and O–H groups in total. The minimum absolute atomic E-state index is 0.112.